The van der Waals surface area contributed by atoms with Gasteiger partial charge in [-0.15, -0.1) is 11.3 Å². The number of amides is 1. The largest absolute Gasteiger partial charge is 0.335 e. The molecular formula is C13H15N3O3S2. The number of nitrogens with zero attached hydrogens (tertiary/aromatic N) is 2. The SMILES string of the molecule is Cc1cc(S(N)(=O)=O)sc1C(=O)N(C)Cc1ccccn1. The molecule has 6 nitrogen and oxygen atoms in total. The van der Waals surface area contributed by atoms with Crippen molar-refractivity contribution >= 4 is 27.3 Å². The number of rotatable bonds is 4. The second-order valence-corrected chi connectivity index (χ2v) is 7.45. The molecule has 0 radical (unpaired) electrons. The van der Waals surface area contributed by atoms with Crippen LogP contribution >= 0.6 is 11.3 Å². The Hall–Kier alpha value is -1.77. The number of hydrogen-bond acceptors (Lipinski definition) is 5. The van der Waals surface area contributed by atoms with Crippen molar-refractivity contribution in [2.24, 2.45) is 5.14 Å². The molecule has 0 bridgehead atoms. The van der Waals surface area contributed by atoms with Gasteiger partial charge in [-0.3, -0.25) is 9.78 Å². The van der Waals surface area contributed by atoms with Crippen LogP contribution < -0.4 is 5.14 Å². The number of pyridine rings is 1. The van der Waals surface area contributed by atoms with Gasteiger partial charge in [0.1, 0.15) is 4.21 Å². The summed E-state index contributed by atoms with van der Waals surface area (Å²) < 4.78 is 22.7. The molecule has 0 aliphatic heterocycles. The van der Waals surface area contributed by atoms with Gasteiger partial charge < -0.3 is 4.90 Å². The molecule has 1 amide bonds. The van der Waals surface area contributed by atoms with Crippen molar-refractivity contribution in [3.05, 3.63) is 46.6 Å². The first-order valence-corrected chi connectivity index (χ1v) is 8.44. The van der Waals surface area contributed by atoms with Crippen molar-refractivity contribution < 1.29 is 13.2 Å². The van der Waals surface area contributed by atoms with Gasteiger partial charge in [-0.05, 0) is 30.7 Å². The van der Waals surface area contributed by atoms with Gasteiger partial charge in [0.25, 0.3) is 5.91 Å². The lowest BCUT2D eigenvalue weighted by Gasteiger charge is -2.16. The van der Waals surface area contributed by atoms with Gasteiger partial charge in [0.05, 0.1) is 17.1 Å². The van der Waals surface area contributed by atoms with Crippen LogP contribution in [0.4, 0.5) is 0 Å². The standard InChI is InChI=1S/C13H15N3O3S2/c1-9-7-11(21(14,18)19)20-12(9)13(17)16(2)8-10-5-3-4-6-15-10/h3-7H,8H2,1-2H3,(H2,14,18,19). The molecule has 0 fully saturated rings. The number of aryl methyl sites for hydroxylation is 1. The zero-order valence-electron chi connectivity index (χ0n) is 11.6. The molecule has 2 rings (SSSR count). The maximum Gasteiger partial charge on any atom is 0.264 e. The molecule has 2 aromatic heterocycles. The highest BCUT2D eigenvalue weighted by Gasteiger charge is 2.21. The minimum Gasteiger partial charge on any atom is -0.335 e. The summed E-state index contributed by atoms with van der Waals surface area (Å²) in [5.41, 5.74) is 1.36. The van der Waals surface area contributed by atoms with Crippen molar-refractivity contribution in [1.82, 2.24) is 9.88 Å². The molecule has 0 spiro atoms. The fourth-order valence-electron chi connectivity index (χ4n) is 1.79. The maximum atomic E-state index is 12.4. The van der Waals surface area contributed by atoms with Crippen LogP contribution in [0.5, 0.6) is 0 Å². The van der Waals surface area contributed by atoms with Gasteiger partial charge in [-0.2, -0.15) is 0 Å². The van der Waals surface area contributed by atoms with Gasteiger partial charge in [-0.25, -0.2) is 13.6 Å². The summed E-state index contributed by atoms with van der Waals surface area (Å²) in [5, 5.41) is 5.09. The van der Waals surface area contributed by atoms with Crippen LogP contribution in [0.1, 0.15) is 20.9 Å². The number of hydrogen-bond donors (Lipinski definition) is 1. The van der Waals surface area contributed by atoms with Gasteiger partial charge in [-0.1, -0.05) is 6.07 Å². The predicted molar refractivity (Wildman–Crippen MR) is 80.5 cm³/mol. The molecule has 0 saturated heterocycles. The molecular weight excluding hydrogens is 310 g/mol. The normalized spacial score (nSPS) is 11.4. The van der Waals surface area contributed by atoms with Crippen LogP contribution in [0, 0.1) is 6.92 Å². The number of thiophene rings is 1. The van der Waals surface area contributed by atoms with Crippen molar-refractivity contribution in [2.45, 2.75) is 17.7 Å². The summed E-state index contributed by atoms with van der Waals surface area (Å²) in [6.45, 7) is 2.04. The van der Waals surface area contributed by atoms with E-state index in [1.165, 1.54) is 11.0 Å². The monoisotopic (exact) mass is 325 g/mol. The number of primary sulfonamides is 1. The maximum absolute atomic E-state index is 12.4. The van der Waals surface area contributed by atoms with E-state index in [0.29, 0.717) is 17.0 Å². The second-order valence-electron chi connectivity index (χ2n) is 4.60. The van der Waals surface area contributed by atoms with Crippen molar-refractivity contribution in [3.63, 3.8) is 0 Å². The van der Waals surface area contributed by atoms with E-state index in [-0.39, 0.29) is 10.1 Å². The Morgan fingerprint density at radius 1 is 1.43 bits per heavy atom. The third kappa shape index (κ3) is 3.66. The summed E-state index contributed by atoms with van der Waals surface area (Å²) in [6.07, 6.45) is 1.66. The molecule has 21 heavy (non-hydrogen) atoms. The average Bonchev–Trinajstić information content (AvgIpc) is 2.81. The molecule has 0 aromatic carbocycles. The van der Waals surface area contributed by atoms with Crippen LogP contribution in [-0.4, -0.2) is 31.3 Å². The fraction of sp³-hybridized carbons (Fsp3) is 0.231. The Morgan fingerprint density at radius 2 is 2.14 bits per heavy atom. The molecule has 112 valence electrons. The molecule has 2 aromatic rings. The van der Waals surface area contributed by atoms with E-state index in [0.717, 1.165) is 17.0 Å². The highest BCUT2D eigenvalue weighted by Crippen LogP contribution is 2.26. The Balaban J connectivity index is 2.22. The third-order valence-corrected chi connectivity index (χ3v) is 5.49. The topological polar surface area (TPSA) is 93.4 Å². The minimum atomic E-state index is -3.79. The predicted octanol–water partition coefficient (Wildman–Crippen LogP) is 1.37. The lowest BCUT2D eigenvalue weighted by molar-refractivity contribution is 0.0787. The Labute approximate surface area is 127 Å². The summed E-state index contributed by atoms with van der Waals surface area (Å²) in [7, 11) is -2.14. The molecule has 8 heteroatoms. The molecule has 2 N–H and O–H groups in total. The van der Waals surface area contributed by atoms with E-state index in [1.54, 1.807) is 26.2 Å². The highest BCUT2D eigenvalue weighted by molar-refractivity contribution is 7.91. The first-order valence-electron chi connectivity index (χ1n) is 6.07. The number of aromatic nitrogens is 1. The van der Waals surface area contributed by atoms with E-state index in [9.17, 15) is 13.2 Å². The number of sulfonamides is 1. The van der Waals surface area contributed by atoms with Crippen LogP contribution in [0.15, 0.2) is 34.7 Å². The van der Waals surface area contributed by atoms with Crippen LogP contribution in [0.2, 0.25) is 0 Å². The van der Waals surface area contributed by atoms with Crippen LogP contribution in [0.25, 0.3) is 0 Å². The van der Waals surface area contributed by atoms with Gasteiger partial charge in [0, 0.05) is 13.2 Å². The second kappa shape index (κ2) is 5.92. The lowest BCUT2D eigenvalue weighted by atomic mass is 10.2. The molecule has 2 heterocycles. The summed E-state index contributed by atoms with van der Waals surface area (Å²) in [6, 6.07) is 6.88. The number of carbonyl (C=O) groups is 1. The molecule has 0 saturated carbocycles. The number of carbonyl (C=O) groups excluding carboxylic acids is 1. The highest BCUT2D eigenvalue weighted by atomic mass is 32.2. The molecule has 0 atom stereocenters. The molecule has 0 aliphatic carbocycles. The molecule has 0 unspecified atom stereocenters. The van der Waals surface area contributed by atoms with E-state index >= 15 is 0 Å². The quantitative estimate of drug-likeness (QED) is 0.918. The molecule has 0 aliphatic rings. The van der Waals surface area contributed by atoms with E-state index in [1.807, 2.05) is 12.1 Å². The Morgan fingerprint density at radius 3 is 2.67 bits per heavy atom. The zero-order chi connectivity index (χ0) is 15.6. The van der Waals surface area contributed by atoms with Crippen LogP contribution in [-0.2, 0) is 16.6 Å². The van der Waals surface area contributed by atoms with Gasteiger partial charge in [0.2, 0.25) is 10.0 Å². The first kappa shape index (κ1) is 15.6. The average molecular weight is 325 g/mol. The summed E-state index contributed by atoms with van der Waals surface area (Å²) in [4.78, 5) is 18.4. The summed E-state index contributed by atoms with van der Waals surface area (Å²) >= 11 is 0.889. The van der Waals surface area contributed by atoms with Crippen LogP contribution in [0.3, 0.4) is 0 Å². The van der Waals surface area contributed by atoms with Crippen molar-refractivity contribution in [3.8, 4) is 0 Å². The first-order chi connectivity index (χ1) is 9.79. The van der Waals surface area contributed by atoms with E-state index in [2.05, 4.69) is 4.98 Å². The Bertz CT molecular complexity index is 754. The van der Waals surface area contributed by atoms with Gasteiger partial charge in [0.15, 0.2) is 0 Å². The van der Waals surface area contributed by atoms with E-state index in [4.69, 9.17) is 5.14 Å². The number of nitrogens with two attached hydrogens (primary N) is 1. The van der Waals surface area contributed by atoms with Crippen molar-refractivity contribution in [2.75, 3.05) is 7.05 Å². The van der Waals surface area contributed by atoms with Gasteiger partial charge >= 0.3 is 0 Å². The minimum absolute atomic E-state index is 0.00501. The van der Waals surface area contributed by atoms with E-state index < -0.39 is 10.0 Å². The third-order valence-electron chi connectivity index (χ3n) is 2.84. The fourth-order valence-corrected chi connectivity index (χ4v) is 3.74. The Kier molecular flexibility index (Phi) is 4.40. The lowest BCUT2D eigenvalue weighted by Crippen LogP contribution is -2.26. The van der Waals surface area contributed by atoms with Crippen molar-refractivity contribution in [1.29, 1.82) is 0 Å². The smallest absolute Gasteiger partial charge is 0.264 e. The summed E-state index contributed by atoms with van der Waals surface area (Å²) in [5.74, 6) is -0.252. The zero-order valence-corrected chi connectivity index (χ0v) is 13.2.